The Bertz CT molecular complexity index is 539. The normalized spacial score (nSPS) is 14.5. The van der Waals surface area contributed by atoms with E-state index in [4.69, 9.17) is 4.55 Å². The average Bonchev–Trinajstić information content (AvgIpc) is 2.36. The average molecular weight is 310 g/mol. The van der Waals surface area contributed by atoms with Gasteiger partial charge in [-0.1, -0.05) is 69.7 Å². The minimum absolute atomic E-state index is 0.126. The Hall–Kier alpha value is -1.13. The van der Waals surface area contributed by atoms with Crippen LogP contribution in [0.5, 0.6) is 0 Å². The lowest BCUT2D eigenvalue weighted by Crippen LogP contribution is -2.05. The highest BCUT2D eigenvalue weighted by atomic mass is 32.2. The van der Waals surface area contributed by atoms with Gasteiger partial charge < -0.3 is 0 Å². The van der Waals surface area contributed by atoms with E-state index in [1.807, 2.05) is 18.2 Å². The first-order valence-corrected chi connectivity index (χ1v) is 8.98. The molecule has 3 nitrogen and oxygen atoms in total. The van der Waals surface area contributed by atoms with Crippen molar-refractivity contribution in [3.05, 3.63) is 48.0 Å². The fourth-order valence-corrected chi connectivity index (χ4v) is 2.70. The van der Waals surface area contributed by atoms with E-state index in [2.05, 4.69) is 45.1 Å². The van der Waals surface area contributed by atoms with Crippen molar-refractivity contribution >= 4 is 10.1 Å². The third-order valence-electron chi connectivity index (χ3n) is 3.22. The molecule has 1 aromatic rings. The molecule has 1 N–H and O–H groups in total. The van der Waals surface area contributed by atoms with E-state index in [1.54, 1.807) is 0 Å². The van der Waals surface area contributed by atoms with Crippen LogP contribution in [0.3, 0.4) is 0 Å². The van der Waals surface area contributed by atoms with Crippen LogP contribution in [0.1, 0.15) is 51.5 Å². The highest BCUT2D eigenvalue weighted by Gasteiger charge is 2.11. The van der Waals surface area contributed by atoms with Gasteiger partial charge in [0, 0.05) is 5.92 Å². The van der Waals surface area contributed by atoms with Crippen LogP contribution in [0.4, 0.5) is 0 Å². The Morgan fingerprint density at radius 2 is 1.76 bits per heavy atom. The van der Waals surface area contributed by atoms with E-state index >= 15 is 0 Å². The highest BCUT2D eigenvalue weighted by Crippen LogP contribution is 2.26. The second kappa shape index (κ2) is 7.76. The minimum Gasteiger partial charge on any atom is -0.286 e. The van der Waals surface area contributed by atoms with Crippen molar-refractivity contribution in [2.45, 2.75) is 46.0 Å². The molecule has 0 saturated heterocycles. The van der Waals surface area contributed by atoms with Crippen LogP contribution < -0.4 is 0 Å². The Morgan fingerprint density at radius 3 is 2.29 bits per heavy atom. The maximum atomic E-state index is 10.7. The molecular weight excluding hydrogens is 284 g/mol. The Kier molecular flexibility index (Phi) is 6.62. The van der Waals surface area contributed by atoms with Crippen LogP contribution in [0.15, 0.2) is 42.5 Å². The zero-order chi connectivity index (χ0) is 15.9. The van der Waals surface area contributed by atoms with Crippen molar-refractivity contribution in [1.29, 1.82) is 0 Å². The standard InChI is InChI=1S/C17H26O3S/c1-17(2,3)13-12-16(15-9-5-4-6-10-15)11-7-8-14-21(18,19)20/h4-6,9-10,12-13,16H,7-8,11,14H2,1-3H3,(H,18,19,20)/b13-12+/t16-/m1/s1. The summed E-state index contributed by atoms with van der Waals surface area (Å²) in [5.41, 5.74) is 1.37. The minimum atomic E-state index is -3.84. The Labute approximate surface area is 128 Å². The first-order chi connectivity index (χ1) is 9.67. The number of hydrogen-bond acceptors (Lipinski definition) is 2. The van der Waals surface area contributed by atoms with Gasteiger partial charge in [0.15, 0.2) is 0 Å². The molecule has 0 unspecified atom stereocenters. The van der Waals surface area contributed by atoms with Crippen LogP contribution in [-0.2, 0) is 10.1 Å². The fraction of sp³-hybridized carbons (Fsp3) is 0.529. The second-order valence-corrected chi connectivity index (χ2v) is 8.10. The van der Waals surface area contributed by atoms with Crippen LogP contribution in [-0.4, -0.2) is 18.7 Å². The predicted octanol–water partition coefficient (Wildman–Crippen LogP) is 4.43. The molecule has 1 aromatic carbocycles. The summed E-state index contributed by atoms with van der Waals surface area (Å²) in [6.45, 7) is 6.47. The molecular formula is C17H26O3S. The molecule has 0 saturated carbocycles. The van der Waals surface area contributed by atoms with Crippen molar-refractivity contribution in [1.82, 2.24) is 0 Å². The summed E-state index contributed by atoms with van der Waals surface area (Å²) < 4.78 is 30.3. The van der Waals surface area contributed by atoms with E-state index in [0.29, 0.717) is 6.42 Å². The molecule has 0 aromatic heterocycles. The molecule has 0 radical (unpaired) electrons. The smallest absolute Gasteiger partial charge is 0.264 e. The quantitative estimate of drug-likeness (QED) is 0.460. The molecule has 1 atom stereocenters. The molecule has 4 heteroatoms. The van der Waals surface area contributed by atoms with Gasteiger partial charge in [0.1, 0.15) is 0 Å². The van der Waals surface area contributed by atoms with Gasteiger partial charge in [-0.2, -0.15) is 8.42 Å². The second-order valence-electron chi connectivity index (χ2n) is 6.52. The third kappa shape index (κ3) is 8.68. The molecule has 118 valence electrons. The topological polar surface area (TPSA) is 54.4 Å². The van der Waals surface area contributed by atoms with Crippen molar-refractivity contribution in [3.63, 3.8) is 0 Å². The van der Waals surface area contributed by atoms with Crippen LogP contribution in [0.25, 0.3) is 0 Å². The van der Waals surface area contributed by atoms with Gasteiger partial charge in [-0.15, -0.1) is 0 Å². The number of rotatable bonds is 7. The third-order valence-corrected chi connectivity index (χ3v) is 4.03. The van der Waals surface area contributed by atoms with Crippen molar-refractivity contribution < 1.29 is 13.0 Å². The van der Waals surface area contributed by atoms with Crippen molar-refractivity contribution in [2.24, 2.45) is 5.41 Å². The van der Waals surface area contributed by atoms with Crippen molar-refractivity contribution in [2.75, 3.05) is 5.75 Å². The zero-order valence-electron chi connectivity index (χ0n) is 13.1. The van der Waals surface area contributed by atoms with Gasteiger partial charge >= 0.3 is 0 Å². The maximum Gasteiger partial charge on any atom is 0.264 e. The lowest BCUT2D eigenvalue weighted by molar-refractivity contribution is 0.479. The monoisotopic (exact) mass is 310 g/mol. The lowest BCUT2D eigenvalue weighted by Gasteiger charge is -2.17. The first-order valence-electron chi connectivity index (χ1n) is 7.37. The van der Waals surface area contributed by atoms with Gasteiger partial charge in [-0.25, -0.2) is 0 Å². The van der Waals surface area contributed by atoms with Crippen LogP contribution >= 0.6 is 0 Å². The molecule has 0 aliphatic carbocycles. The molecule has 0 heterocycles. The molecule has 1 rings (SSSR count). The van der Waals surface area contributed by atoms with E-state index < -0.39 is 10.1 Å². The highest BCUT2D eigenvalue weighted by molar-refractivity contribution is 7.85. The first kappa shape index (κ1) is 17.9. The summed E-state index contributed by atoms with van der Waals surface area (Å²) in [5, 5.41) is 0. The number of hydrogen-bond donors (Lipinski definition) is 1. The van der Waals surface area contributed by atoms with Gasteiger partial charge in [0.05, 0.1) is 5.75 Å². The summed E-state index contributed by atoms with van der Waals surface area (Å²) in [6, 6.07) is 10.2. The molecule has 0 fully saturated rings. The number of allylic oxidation sites excluding steroid dienone is 2. The molecule has 21 heavy (non-hydrogen) atoms. The summed E-state index contributed by atoms with van der Waals surface area (Å²) in [6.07, 6.45) is 6.56. The van der Waals surface area contributed by atoms with E-state index in [9.17, 15) is 8.42 Å². The van der Waals surface area contributed by atoms with E-state index in [-0.39, 0.29) is 17.1 Å². The van der Waals surface area contributed by atoms with Gasteiger partial charge in [0.2, 0.25) is 0 Å². The van der Waals surface area contributed by atoms with Gasteiger partial charge in [-0.05, 0) is 23.8 Å². The lowest BCUT2D eigenvalue weighted by atomic mass is 9.89. The summed E-state index contributed by atoms with van der Waals surface area (Å²) >= 11 is 0. The number of benzene rings is 1. The zero-order valence-corrected chi connectivity index (χ0v) is 13.9. The maximum absolute atomic E-state index is 10.7. The van der Waals surface area contributed by atoms with Gasteiger partial charge in [-0.3, -0.25) is 4.55 Å². The van der Waals surface area contributed by atoms with E-state index in [1.165, 1.54) is 5.56 Å². The summed E-state index contributed by atoms with van der Waals surface area (Å²) in [4.78, 5) is 0. The van der Waals surface area contributed by atoms with Crippen molar-refractivity contribution in [3.8, 4) is 0 Å². The molecule has 0 spiro atoms. The SMILES string of the molecule is CC(C)(C)/C=C/[C@@H](CCCCS(=O)(=O)O)c1ccccc1. The van der Waals surface area contributed by atoms with Crippen LogP contribution in [0.2, 0.25) is 0 Å². The van der Waals surface area contributed by atoms with Gasteiger partial charge in [0.25, 0.3) is 10.1 Å². The van der Waals surface area contributed by atoms with E-state index in [0.717, 1.165) is 12.8 Å². The largest absolute Gasteiger partial charge is 0.286 e. The molecule has 0 bridgehead atoms. The summed E-state index contributed by atoms with van der Waals surface area (Å²) in [5.74, 6) is 0.129. The predicted molar refractivity (Wildman–Crippen MR) is 88.0 cm³/mol. The fourth-order valence-electron chi connectivity index (χ4n) is 2.13. The summed E-state index contributed by atoms with van der Waals surface area (Å²) in [7, 11) is -3.84. The van der Waals surface area contributed by atoms with Crippen LogP contribution in [0, 0.1) is 5.41 Å². The Morgan fingerprint density at radius 1 is 1.14 bits per heavy atom. The Balaban J connectivity index is 2.68. The number of unbranched alkanes of at least 4 members (excludes halogenated alkanes) is 1. The molecule has 0 aliphatic heterocycles. The molecule has 0 aliphatic rings. The molecule has 0 amide bonds.